The number of hydrazine groups is 1. The van der Waals surface area contributed by atoms with Crippen molar-refractivity contribution < 1.29 is 18.0 Å². The minimum Gasteiger partial charge on any atom is -0.277 e. The molecule has 3 rings (SSSR count). The third kappa shape index (κ3) is 5.05. The molecular weight excluding hydrogens is 373 g/mol. The highest BCUT2D eigenvalue weighted by molar-refractivity contribution is 7.98. The topological polar surface area (TPSA) is 41.1 Å². The molecule has 0 radical (unpaired) electrons. The van der Waals surface area contributed by atoms with Crippen molar-refractivity contribution >= 4 is 17.9 Å². The molecule has 1 aliphatic carbocycles. The fourth-order valence-corrected chi connectivity index (χ4v) is 4.12. The minimum absolute atomic E-state index is 0.175. The van der Waals surface area contributed by atoms with Crippen molar-refractivity contribution in [3.8, 4) is 11.1 Å². The summed E-state index contributed by atoms with van der Waals surface area (Å²) in [5, 5.41) is 0.423. The van der Waals surface area contributed by atoms with E-state index in [1.54, 1.807) is 0 Å². The van der Waals surface area contributed by atoms with Crippen molar-refractivity contribution in [2.45, 2.75) is 44.3 Å². The van der Waals surface area contributed by atoms with Gasteiger partial charge in [0.25, 0.3) is 5.91 Å². The van der Waals surface area contributed by atoms with Crippen LogP contribution in [0.15, 0.2) is 30.3 Å². The summed E-state index contributed by atoms with van der Waals surface area (Å²) in [4.78, 5) is 15.2. The molecule has 1 fully saturated rings. The fraction of sp³-hybridized carbons (Fsp3) is 0.350. The Hall–Kier alpha value is -1.99. The van der Waals surface area contributed by atoms with Crippen LogP contribution in [-0.4, -0.2) is 11.2 Å². The van der Waals surface area contributed by atoms with Crippen LogP contribution in [0.3, 0.4) is 0 Å². The summed E-state index contributed by atoms with van der Waals surface area (Å²) in [6.07, 6.45) is 5.76. The number of amides is 1. The molecule has 0 aromatic heterocycles. The molecule has 2 aromatic carbocycles. The van der Waals surface area contributed by atoms with Gasteiger partial charge in [-0.3, -0.25) is 10.2 Å². The van der Waals surface area contributed by atoms with E-state index in [0.717, 1.165) is 31.0 Å². The van der Waals surface area contributed by atoms with Crippen LogP contribution < -0.4 is 10.3 Å². The van der Waals surface area contributed by atoms with Crippen molar-refractivity contribution in [1.82, 2.24) is 10.3 Å². The van der Waals surface area contributed by atoms with E-state index in [9.17, 15) is 18.0 Å². The Morgan fingerprint density at radius 1 is 0.963 bits per heavy atom. The number of halogens is 3. The third-order valence-electron chi connectivity index (χ3n) is 4.64. The monoisotopic (exact) mass is 394 g/mol. The fourth-order valence-electron chi connectivity index (χ4n) is 3.23. The van der Waals surface area contributed by atoms with Crippen LogP contribution in [-0.2, 0) is 0 Å². The highest BCUT2D eigenvalue weighted by Crippen LogP contribution is 2.27. The first kappa shape index (κ1) is 19.8. The van der Waals surface area contributed by atoms with Crippen LogP contribution in [0.2, 0.25) is 0 Å². The smallest absolute Gasteiger partial charge is 0.269 e. The third-order valence-corrected chi connectivity index (χ3v) is 5.66. The molecule has 0 saturated heterocycles. The SMILES string of the molecule is Cc1cc(-c2cc(F)cc(F)c2)cc(C(=O)NNSC2CCCCC2)c1F. The van der Waals surface area contributed by atoms with Gasteiger partial charge in [0.15, 0.2) is 0 Å². The number of hydrogen-bond donors (Lipinski definition) is 2. The summed E-state index contributed by atoms with van der Waals surface area (Å²) in [6.45, 7) is 1.51. The van der Waals surface area contributed by atoms with Crippen LogP contribution in [0.5, 0.6) is 0 Å². The van der Waals surface area contributed by atoms with Crippen LogP contribution in [0, 0.1) is 24.4 Å². The molecule has 1 aliphatic rings. The van der Waals surface area contributed by atoms with E-state index in [2.05, 4.69) is 10.3 Å². The molecular formula is C20H21F3N2OS. The van der Waals surface area contributed by atoms with Gasteiger partial charge in [-0.1, -0.05) is 31.2 Å². The average Bonchev–Trinajstić information content (AvgIpc) is 2.63. The molecule has 0 bridgehead atoms. The van der Waals surface area contributed by atoms with Crippen molar-refractivity contribution in [2.75, 3.05) is 0 Å². The van der Waals surface area contributed by atoms with E-state index in [1.165, 1.54) is 50.3 Å². The van der Waals surface area contributed by atoms with Crippen molar-refractivity contribution in [1.29, 1.82) is 0 Å². The molecule has 0 heterocycles. The van der Waals surface area contributed by atoms with Crippen LogP contribution >= 0.6 is 11.9 Å². The van der Waals surface area contributed by atoms with Gasteiger partial charge in [-0.25, -0.2) is 13.2 Å². The Morgan fingerprint density at radius 2 is 1.59 bits per heavy atom. The van der Waals surface area contributed by atoms with E-state index < -0.39 is 23.4 Å². The number of aryl methyl sites for hydroxylation is 1. The number of hydrogen-bond acceptors (Lipinski definition) is 3. The second-order valence-electron chi connectivity index (χ2n) is 6.75. The summed E-state index contributed by atoms with van der Waals surface area (Å²) < 4.78 is 41.4. The largest absolute Gasteiger partial charge is 0.277 e. The Labute approximate surface area is 160 Å². The summed E-state index contributed by atoms with van der Waals surface area (Å²) in [6, 6.07) is 5.83. The summed E-state index contributed by atoms with van der Waals surface area (Å²) in [7, 11) is 0. The van der Waals surface area contributed by atoms with Crippen LogP contribution in [0.4, 0.5) is 13.2 Å². The molecule has 0 atom stereocenters. The maximum Gasteiger partial charge on any atom is 0.269 e. The zero-order valence-electron chi connectivity index (χ0n) is 15.0. The Morgan fingerprint density at radius 3 is 2.26 bits per heavy atom. The summed E-state index contributed by atoms with van der Waals surface area (Å²) >= 11 is 1.43. The van der Waals surface area contributed by atoms with Gasteiger partial charge < -0.3 is 0 Å². The molecule has 2 N–H and O–H groups in total. The highest BCUT2D eigenvalue weighted by atomic mass is 32.2. The number of benzene rings is 2. The van der Waals surface area contributed by atoms with Gasteiger partial charge in [-0.2, -0.15) is 4.83 Å². The number of nitrogens with one attached hydrogen (secondary N) is 2. The summed E-state index contributed by atoms with van der Waals surface area (Å²) in [5.74, 6) is -2.75. The van der Waals surface area contributed by atoms with Gasteiger partial charge in [-0.05, 0) is 60.7 Å². The molecule has 0 spiro atoms. The number of rotatable bonds is 5. The quantitative estimate of drug-likeness (QED) is 0.534. The minimum atomic E-state index is -0.733. The van der Waals surface area contributed by atoms with E-state index in [4.69, 9.17) is 0 Å². The first-order chi connectivity index (χ1) is 12.9. The molecule has 3 nitrogen and oxygen atoms in total. The number of carbonyl (C=O) groups excluding carboxylic acids is 1. The van der Waals surface area contributed by atoms with Gasteiger partial charge in [0.1, 0.15) is 17.5 Å². The lowest BCUT2D eigenvalue weighted by Crippen LogP contribution is -2.35. The summed E-state index contributed by atoms with van der Waals surface area (Å²) in [5.41, 5.74) is 3.17. The Bertz CT molecular complexity index is 818. The zero-order valence-corrected chi connectivity index (χ0v) is 15.8. The van der Waals surface area contributed by atoms with E-state index >= 15 is 0 Å². The van der Waals surface area contributed by atoms with E-state index in [1.807, 2.05) is 0 Å². The second kappa shape index (κ2) is 8.80. The molecule has 0 aliphatic heterocycles. The van der Waals surface area contributed by atoms with Gasteiger partial charge in [-0.15, -0.1) is 0 Å². The van der Waals surface area contributed by atoms with Crippen LogP contribution in [0.25, 0.3) is 11.1 Å². The molecule has 27 heavy (non-hydrogen) atoms. The average molecular weight is 394 g/mol. The predicted octanol–water partition coefficient (Wildman–Crippen LogP) is 5.29. The Kier molecular flexibility index (Phi) is 6.44. The lowest BCUT2D eigenvalue weighted by molar-refractivity contribution is 0.0942. The molecule has 2 aromatic rings. The first-order valence-electron chi connectivity index (χ1n) is 8.91. The van der Waals surface area contributed by atoms with Crippen molar-refractivity contribution in [2.24, 2.45) is 0 Å². The predicted molar refractivity (Wildman–Crippen MR) is 102 cm³/mol. The molecule has 7 heteroatoms. The van der Waals surface area contributed by atoms with Crippen molar-refractivity contribution in [3.63, 3.8) is 0 Å². The van der Waals surface area contributed by atoms with E-state index in [-0.39, 0.29) is 16.7 Å². The normalized spacial score (nSPS) is 15.0. The lowest BCUT2D eigenvalue weighted by Gasteiger charge is -2.21. The maximum atomic E-state index is 14.4. The molecule has 1 saturated carbocycles. The standard InChI is InChI=1S/C20H21F3N2OS/c1-12-7-13(14-8-15(21)11-16(22)9-14)10-18(19(12)23)20(26)24-25-27-17-5-3-2-4-6-17/h7-11,17,25H,2-6H2,1H3,(H,24,26). The van der Waals surface area contributed by atoms with Gasteiger partial charge in [0, 0.05) is 11.3 Å². The number of carbonyl (C=O) groups is 1. The Balaban J connectivity index is 1.75. The lowest BCUT2D eigenvalue weighted by atomic mass is 9.99. The molecule has 0 unspecified atom stereocenters. The van der Waals surface area contributed by atoms with Gasteiger partial charge >= 0.3 is 0 Å². The molecule has 144 valence electrons. The second-order valence-corrected chi connectivity index (χ2v) is 7.85. The first-order valence-corrected chi connectivity index (χ1v) is 9.79. The molecule has 1 amide bonds. The van der Waals surface area contributed by atoms with Crippen molar-refractivity contribution in [3.05, 3.63) is 58.9 Å². The van der Waals surface area contributed by atoms with E-state index in [0.29, 0.717) is 10.8 Å². The highest BCUT2D eigenvalue weighted by Gasteiger charge is 2.18. The van der Waals surface area contributed by atoms with Gasteiger partial charge in [0.2, 0.25) is 0 Å². The zero-order chi connectivity index (χ0) is 19.4. The maximum absolute atomic E-state index is 14.4. The van der Waals surface area contributed by atoms with Crippen LogP contribution in [0.1, 0.15) is 48.0 Å². The van der Waals surface area contributed by atoms with Gasteiger partial charge in [0.05, 0.1) is 5.56 Å².